The molecule has 2 rings (SSSR count). The van der Waals surface area contributed by atoms with Gasteiger partial charge >= 0.3 is 11.7 Å². The van der Waals surface area contributed by atoms with Gasteiger partial charge in [0.2, 0.25) is 11.0 Å². The van der Waals surface area contributed by atoms with Gasteiger partial charge in [0, 0.05) is 6.07 Å². The third kappa shape index (κ3) is 3.13. The first-order chi connectivity index (χ1) is 9.90. The Bertz CT molecular complexity index is 721. The zero-order chi connectivity index (χ0) is 15.6. The summed E-state index contributed by atoms with van der Waals surface area (Å²) in [6.45, 7) is 0. The quantitative estimate of drug-likeness (QED) is 0.490. The number of rotatable bonds is 5. The summed E-state index contributed by atoms with van der Waals surface area (Å²) in [5.74, 6) is -4.24. The smallest absolute Gasteiger partial charge is 0.313 e. The summed E-state index contributed by atoms with van der Waals surface area (Å²) in [5.41, 5.74) is -1.62. The van der Waals surface area contributed by atoms with Crippen LogP contribution in [0.1, 0.15) is 0 Å². The van der Waals surface area contributed by atoms with Crippen LogP contribution in [-0.4, -0.2) is 36.9 Å². The number of aromatic nitrogens is 3. The first-order valence-electron chi connectivity index (χ1n) is 5.30. The maximum Gasteiger partial charge on any atom is 0.313 e. The van der Waals surface area contributed by atoms with Gasteiger partial charge in [0.25, 0.3) is 0 Å². The average Bonchev–Trinajstić information content (AvgIpc) is 2.84. The van der Waals surface area contributed by atoms with Crippen LogP contribution in [0, 0.1) is 21.7 Å². The lowest BCUT2D eigenvalue weighted by Crippen LogP contribution is -1.99. The minimum absolute atomic E-state index is 0.0438. The van der Waals surface area contributed by atoms with E-state index in [4.69, 9.17) is 5.11 Å². The average molecular weight is 316 g/mol. The lowest BCUT2D eigenvalue weighted by atomic mass is 10.1. The number of H-pyrrole nitrogens is 1. The first-order valence-corrected chi connectivity index (χ1v) is 6.28. The molecular weight excluding hydrogens is 310 g/mol. The van der Waals surface area contributed by atoms with Gasteiger partial charge in [-0.25, -0.2) is 9.37 Å². The number of nitro benzene ring substituents is 1. The highest BCUT2D eigenvalue weighted by atomic mass is 32.2. The monoisotopic (exact) mass is 316 g/mol. The molecule has 0 saturated heterocycles. The SMILES string of the molecule is O=C(O)CSc1n[nH]c(-c2c(F)ccc([N+](=O)[O-])c2F)n1. The van der Waals surface area contributed by atoms with Crippen molar-refractivity contribution in [3.8, 4) is 11.4 Å². The number of aliphatic carboxylic acids is 1. The molecule has 0 amide bonds. The number of hydrogen-bond acceptors (Lipinski definition) is 6. The largest absolute Gasteiger partial charge is 0.481 e. The second kappa shape index (κ2) is 5.83. The topological polar surface area (TPSA) is 122 Å². The zero-order valence-corrected chi connectivity index (χ0v) is 10.9. The fraction of sp³-hybridized carbons (Fsp3) is 0.100. The fourth-order valence-corrected chi connectivity index (χ4v) is 1.97. The number of hydrogen-bond donors (Lipinski definition) is 2. The van der Waals surface area contributed by atoms with Crippen molar-refractivity contribution in [2.24, 2.45) is 0 Å². The van der Waals surface area contributed by atoms with Crippen molar-refractivity contribution in [1.82, 2.24) is 15.2 Å². The number of carbonyl (C=O) groups is 1. The molecule has 0 radical (unpaired) electrons. The van der Waals surface area contributed by atoms with Crippen molar-refractivity contribution in [3.63, 3.8) is 0 Å². The van der Waals surface area contributed by atoms with Crippen LogP contribution in [0.5, 0.6) is 0 Å². The van der Waals surface area contributed by atoms with Crippen molar-refractivity contribution >= 4 is 23.4 Å². The summed E-state index contributed by atoms with van der Waals surface area (Å²) in [4.78, 5) is 23.7. The number of benzene rings is 1. The van der Waals surface area contributed by atoms with Crippen LogP contribution < -0.4 is 0 Å². The van der Waals surface area contributed by atoms with Crippen molar-refractivity contribution in [2.45, 2.75) is 5.16 Å². The lowest BCUT2D eigenvalue weighted by molar-refractivity contribution is -0.387. The molecule has 1 heterocycles. The molecule has 11 heteroatoms. The Morgan fingerprint density at radius 1 is 1.48 bits per heavy atom. The second-order valence-corrected chi connectivity index (χ2v) is 4.60. The van der Waals surface area contributed by atoms with E-state index in [2.05, 4.69) is 15.2 Å². The highest BCUT2D eigenvalue weighted by Gasteiger charge is 2.24. The number of nitrogens with one attached hydrogen (secondary N) is 1. The van der Waals surface area contributed by atoms with E-state index >= 15 is 0 Å². The van der Waals surface area contributed by atoms with Crippen molar-refractivity contribution in [2.75, 3.05) is 5.75 Å². The number of carboxylic acid groups (broad SMARTS) is 1. The van der Waals surface area contributed by atoms with E-state index in [1.165, 1.54) is 0 Å². The summed E-state index contributed by atoms with van der Waals surface area (Å²) in [6, 6.07) is 1.44. The number of halogens is 2. The van der Waals surface area contributed by atoms with E-state index in [1.807, 2.05) is 0 Å². The van der Waals surface area contributed by atoms with Gasteiger partial charge in [-0.2, -0.15) is 4.39 Å². The van der Waals surface area contributed by atoms with Gasteiger partial charge in [0.05, 0.1) is 16.2 Å². The molecule has 21 heavy (non-hydrogen) atoms. The Kier molecular flexibility index (Phi) is 4.12. The number of carboxylic acids is 1. The Balaban J connectivity index is 2.40. The van der Waals surface area contributed by atoms with Crippen LogP contribution in [0.15, 0.2) is 17.3 Å². The Morgan fingerprint density at radius 3 is 2.81 bits per heavy atom. The summed E-state index contributed by atoms with van der Waals surface area (Å²) >= 11 is 0.734. The molecule has 1 aromatic carbocycles. The van der Waals surface area contributed by atoms with Crippen molar-refractivity contribution in [1.29, 1.82) is 0 Å². The van der Waals surface area contributed by atoms with Crippen LogP contribution in [-0.2, 0) is 4.79 Å². The lowest BCUT2D eigenvalue weighted by Gasteiger charge is -2.01. The Labute approximate surface area is 119 Å². The highest BCUT2D eigenvalue weighted by molar-refractivity contribution is 7.99. The summed E-state index contributed by atoms with van der Waals surface area (Å²) < 4.78 is 27.6. The summed E-state index contributed by atoms with van der Waals surface area (Å²) in [5, 5.41) is 24.9. The molecule has 0 aliphatic rings. The zero-order valence-electron chi connectivity index (χ0n) is 10.0. The third-order valence-corrected chi connectivity index (χ3v) is 3.13. The van der Waals surface area contributed by atoms with E-state index in [0.717, 1.165) is 17.8 Å². The third-order valence-electron chi connectivity index (χ3n) is 2.29. The van der Waals surface area contributed by atoms with E-state index in [1.54, 1.807) is 0 Å². The van der Waals surface area contributed by atoms with Gasteiger partial charge in [0.15, 0.2) is 5.82 Å². The number of nitro groups is 1. The fourth-order valence-electron chi connectivity index (χ4n) is 1.45. The van der Waals surface area contributed by atoms with E-state index in [9.17, 15) is 23.7 Å². The molecule has 8 nitrogen and oxygen atoms in total. The van der Waals surface area contributed by atoms with E-state index in [-0.39, 0.29) is 16.7 Å². The minimum Gasteiger partial charge on any atom is -0.481 e. The van der Waals surface area contributed by atoms with E-state index in [0.29, 0.717) is 6.07 Å². The molecule has 1 aromatic heterocycles. The molecule has 2 N–H and O–H groups in total. The van der Waals surface area contributed by atoms with Crippen LogP contribution in [0.2, 0.25) is 0 Å². The standard InChI is InChI=1S/C10H6F2N4O4S/c11-4-1-2-5(16(19)20)8(12)7(4)9-13-10(15-14-9)21-3-6(17)18/h1-2H,3H2,(H,17,18)(H,13,14,15). The van der Waals surface area contributed by atoms with Gasteiger partial charge in [-0.15, -0.1) is 5.10 Å². The highest BCUT2D eigenvalue weighted by Crippen LogP contribution is 2.30. The molecule has 0 unspecified atom stereocenters. The summed E-state index contributed by atoms with van der Waals surface area (Å²) in [7, 11) is 0. The van der Waals surface area contributed by atoms with Crippen LogP contribution in [0.3, 0.4) is 0 Å². The summed E-state index contributed by atoms with van der Waals surface area (Å²) in [6.07, 6.45) is 0. The van der Waals surface area contributed by atoms with Crippen molar-refractivity contribution in [3.05, 3.63) is 33.9 Å². The van der Waals surface area contributed by atoms with Crippen molar-refractivity contribution < 1.29 is 23.6 Å². The number of nitrogens with zero attached hydrogens (tertiary/aromatic N) is 3. The predicted octanol–water partition coefficient (Wildman–Crippen LogP) is 1.83. The minimum atomic E-state index is -1.38. The van der Waals surface area contributed by atoms with Crippen LogP contribution in [0.25, 0.3) is 11.4 Å². The van der Waals surface area contributed by atoms with Gasteiger partial charge in [0.1, 0.15) is 5.82 Å². The molecule has 0 spiro atoms. The Morgan fingerprint density at radius 2 is 2.19 bits per heavy atom. The van der Waals surface area contributed by atoms with Gasteiger partial charge in [-0.1, -0.05) is 11.8 Å². The molecule has 0 aliphatic heterocycles. The Hall–Kier alpha value is -2.56. The van der Waals surface area contributed by atoms with E-state index < -0.39 is 33.8 Å². The van der Waals surface area contributed by atoms with Gasteiger partial charge < -0.3 is 5.11 Å². The molecule has 0 saturated carbocycles. The normalized spacial score (nSPS) is 10.6. The molecule has 0 fully saturated rings. The van der Waals surface area contributed by atoms with Crippen LogP contribution >= 0.6 is 11.8 Å². The maximum absolute atomic E-state index is 13.9. The molecular formula is C10H6F2N4O4S. The van der Waals surface area contributed by atoms with Gasteiger partial charge in [-0.3, -0.25) is 20.0 Å². The molecule has 0 aliphatic carbocycles. The molecule has 2 aromatic rings. The number of aromatic amines is 1. The predicted molar refractivity (Wildman–Crippen MR) is 66.7 cm³/mol. The molecule has 0 atom stereocenters. The molecule has 110 valence electrons. The molecule has 0 bridgehead atoms. The van der Waals surface area contributed by atoms with Crippen LogP contribution in [0.4, 0.5) is 14.5 Å². The second-order valence-electron chi connectivity index (χ2n) is 3.66. The van der Waals surface area contributed by atoms with Gasteiger partial charge in [-0.05, 0) is 6.07 Å². The maximum atomic E-state index is 13.9. The number of thioether (sulfide) groups is 1. The first kappa shape index (κ1) is 14.8.